The zero-order valence-corrected chi connectivity index (χ0v) is 28.8. The van der Waals surface area contributed by atoms with Crippen LogP contribution in [0.5, 0.6) is 0 Å². The molecule has 2 aromatic heterocycles. The number of hydrogen-bond acceptors (Lipinski definition) is 4. The summed E-state index contributed by atoms with van der Waals surface area (Å²) in [6, 6.07) is 51.1. The van der Waals surface area contributed by atoms with Crippen molar-refractivity contribution in [3.05, 3.63) is 179 Å². The van der Waals surface area contributed by atoms with Crippen molar-refractivity contribution in [1.82, 2.24) is 9.97 Å². The molecule has 2 aliphatic rings. The van der Waals surface area contributed by atoms with Crippen LogP contribution in [0.3, 0.4) is 0 Å². The molecule has 0 N–H and O–H groups in total. The van der Waals surface area contributed by atoms with Gasteiger partial charge in [0.05, 0.1) is 11.0 Å². The van der Waals surface area contributed by atoms with Gasteiger partial charge in [0.2, 0.25) is 0 Å². The summed E-state index contributed by atoms with van der Waals surface area (Å²) in [7, 11) is 0. The molecule has 0 amide bonds. The summed E-state index contributed by atoms with van der Waals surface area (Å²) in [5.74, 6) is 0. The Labute approximate surface area is 298 Å². The van der Waals surface area contributed by atoms with Crippen molar-refractivity contribution < 1.29 is 21.1 Å². The molecule has 8 aromatic rings. The van der Waals surface area contributed by atoms with Gasteiger partial charge in [0.1, 0.15) is 0 Å². The van der Waals surface area contributed by atoms with Crippen LogP contribution in [-0.2, 0) is 55.8 Å². The molecule has 0 atom stereocenters. The normalized spacial score (nSPS) is 14.8. The summed E-state index contributed by atoms with van der Waals surface area (Å²) in [5.41, 5.74) is 12.7. The zero-order chi connectivity index (χ0) is 30.6. The fourth-order valence-electron chi connectivity index (χ4n) is 7.91. The molecule has 47 heavy (non-hydrogen) atoms. The maximum atomic E-state index is 6.62. The van der Waals surface area contributed by atoms with Gasteiger partial charge in [0, 0.05) is 27.5 Å². The maximum Gasteiger partial charge on any atom is 2.00 e. The first-order chi connectivity index (χ1) is 22.6. The second kappa shape index (κ2) is 10.4. The predicted molar refractivity (Wildman–Crippen MR) is 193 cm³/mol. The van der Waals surface area contributed by atoms with Crippen LogP contribution < -0.4 is 0 Å². The van der Waals surface area contributed by atoms with E-state index in [2.05, 4.69) is 146 Å². The Morgan fingerprint density at radius 2 is 0.660 bits per heavy atom. The molecule has 2 heterocycles. The Morgan fingerprint density at radius 3 is 1.02 bits per heavy atom. The summed E-state index contributed by atoms with van der Waals surface area (Å²) < 4.78 is -1.59. The Bertz CT molecular complexity index is 2330. The smallest absolute Gasteiger partial charge is 0.770 e. The zero-order valence-electron chi connectivity index (χ0n) is 24.9. The van der Waals surface area contributed by atoms with E-state index in [-0.39, 0.29) is 21.1 Å². The third-order valence-electron chi connectivity index (χ3n) is 10.0. The van der Waals surface area contributed by atoms with Gasteiger partial charge < -0.3 is 25.3 Å². The molecule has 10 rings (SSSR count). The molecule has 224 valence electrons. The number of rotatable bonds is 2. The van der Waals surface area contributed by atoms with Crippen LogP contribution in [0.25, 0.3) is 54.8 Å². The Kier molecular flexibility index (Phi) is 6.41. The van der Waals surface area contributed by atoms with Crippen LogP contribution in [0, 0.1) is 0 Å². The van der Waals surface area contributed by atoms with E-state index in [4.69, 9.17) is 35.2 Å². The van der Waals surface area contributed by atoms with Crippen LogP contribution in [0.1, 0.15) is 33.6 Å². The summed E-state index contributed by atoms with van der Waals surface area (Å²) >= 11 is 13.2. The number of pyridine rings is 2. The van der Waals surface area contributed by atoms with Crippen molar-refractivity contribution in [3.63, 3.8) is 0 Å². The molecule has 0 saturated carbocycles. The van der Waals surface area contributed by atoms with Gasteiger partial charge in [0.15, 0.2) is 0 Å². The largest absolute Gasteiger partial charge is 2.00 e. The van der Waals surface area contributed by atoms with Crippen molar-refractivity contribution >= 4 is 57.8 Å². The van der Waals surface area contributed by atoms with E-state index in [0.717, 1.165) is 66.2 Å². The van der Waals surface area contributed by atoms with E-state index in [1.165, 1.54) is 22.3 Å². The number of hydrogen-bond donors (Lipinski definition) is 0. The minimum absolute atomic E-state index is 0. The monoisotopic (exact) mass is 815 g/mol. The molecule has 0 aliphatic heterocycles. The van der Waals surface area contributed by atoms with E-state index < -0.39 is 9.49 Å². The first kappa shape index (κ1) is 29.0. The third-order valence-corrected chi connectivity index (χ3v) is 11.3. The van der Waals surface area contributed by atoms with E-state index in [9.17, 15) is 0 Å². The number of benzene rings is 6. The van der Waals surface area contributed by atoms with Gasteiger partial charge in [-0.1, -0.05) is 143 Å². The molecule has 6 aromatic carbocycles. The van der Waals surface area contributed by atoms with E-state index in [1.54, 1.807) is 0 Å². The second-order valence-corrected chi connectivity index (χ2v) is 13.5. The predicted octanol–water partition coefficient (Wildman–Crippen LogP) is 9.57. The van der Waals surface area contributed by atoms with E-state index >= 15 is 0 Å². The maximum absolute atomic E-state index is 6.62. The minimum Gasteiger partial charge on any atom is -0.770 e. The second-order valence-electron chi connectivity index (χ2n) is 12.3. The van der Waals surface area contributed by atoms with Crippen molar-refractivity contribution in [2.75, 3.05) is 0 Å². The first-order valence-electron chi connectivity index (χ1n) is 15.5. The summed E-state index contributed by atoms with van der Waals surface area (Å²) in [5, 5.41) is 4.22. The molecule has 0 unspecified atom stereocenters. The summed E-state index contributed by atoms with van der Waals surface area (Å²) in [6.07, 6.45) is 0. The molecule has 0 radical (unpaired) electrons. The SMILES string of the molecule is [Pt+2].[S-]C1(c2ccc3ccc4ccc5ccc(C6([S-])c7ccccc7-c7ccccc76)nc5c4c3n2)c2ccccc2-c2ccccc21. The van der Waals surface area contributed by atoms with Gasteiger partial charge in [-0.25, -0.2) is 0 Å². The average Bonchev–Trinajstić information content (AvgIpc) is 3.54. The van der Waals surface area contributed by atoms with Crippen LogP contribution in [-0.4, -0.2) is 9.97 Å². The van der Waals surface area contributed by atoms with Gasteiger partial charge in [0.25, 0.3) is 0 Å². The quantitative estimate of drug-likeness (QED) is 0.128. The van der Waals surface area contributed by atoms with Gasteiger partial charge in [-0.05, 0) is 62.0 Å². The summed E-state index contributed by atoms with van der Waals surface area (Å²) in [6.45, 7) is 0. The summed E-state index contributed by atoms with van der Waals surface area (Å²) in [4.78, 5) is 10.9. The molecule has 0 bridgehead atoms. The van der Waals surface area contributed by atoms with Gasteiger partial charge in [-0.2, -0.15) is 0 Å². The van der Waals surface area contributed by atoms with Crippen LogP contribution in [0.2, 0.25) is 0 Å². The molecule has 2 aliphatic carbocycles. The molecular weight excluding hydrogens is 792 g/mol. The standard InChI is InChI=1S/C42H26N2S2.Pt/c45-41(32-13-5-1-9-28(32)29-10-2-6-14-33(29)41)36-23-21-26-19-17-25-18-20-27-22-24-37(44-40(27)38(25)39(26)43-36)42(46)34-15-7-3-11-30(34)31-12-4-8-16-35(31)42;/h1-24,45-46H;/q;+2/p-2. The van der Waals surface area contributed by atoms with Crippen LogP contribution in [0.4, 0.5) is 0 Å². The Morgan fingerprint density at radius 1 is 0.362 bits per heavy atom. The van der Waals surface area contributed by atoms with Crippen molar-refractivity contribution in [2.45, 2.75) is 9.49 Å². The third kappa shape index (κ3) is 3.81. The van der Waals surface area contributed by atoms with Gasteiger partial charge >= 0.3 is 21.1 Å². The molecule has 0 saturated heterocycles. The van der Waals surface area contributed by atoms with Crippen LogP contribution in [0.15, 0.2) is 146 Å². The Hall–Kier alpha value is -4.21. The first-order valence-corrected chi connectivity index (χ1v) is 16.3. The minimum atomic E-state index is -0.797. The number of fused-ring (bicyclic) bond motifs is 11. The Balaban J connectivity index is 0.00000302. The van der Waals surface area contributed by atoms with Crippen LogP contribution >= 0.6 is 0 Å². The van der Waals surface area contributed by atoms with Crippen molar-refractivity contribution in [1.29, 1.82) is 0 Å². The topological polar surface area (TPSA) is 25.8 Å². The van der Waals surface area contributed by atoms with Crippen molar-refractivity contribution in [2.24, 2.45) is 0 Å². The van der Waals surface area contributed by atoms with Crippen molar-refractivity contribution in [3.8, 4) is 22.3 Å². The molecule has 2 nitrogen and oxygen atoms in total. The fourth-order valence-corrected chi connectivity index (χ4v) is 8.85. The average molecular weight is 816 g/mol. The molecular formula is C42H24N2PtS2. The molecule has 5 heteroatoms. The van der Waals surface area contributed by atoms with Gasteiger partial charge in [-0.15, -0.1) is 0 Å². The number of nitrogens with zero attached hydrogens (tertiary/aromatic N) is 2. The van der Waals surface area contributed by atoms with Gasteiger partial charge in [-0.3, -0.25) is 9.97 Å². The van der Waals surface area contributed by atoms with E-state index in [1.807, 2.05) is 0 Å². The van der Waals surface area contributed by atoms with E-state index in [0.29, 0.717) is 0 Å². The fraction of sp³-hybridized carbons (Fsp3) is 0.0476. The molecule has 0 fully saturated rings. The molecule has 0 spiro atoms. The number of aromatic nitrogens is 2.